The predicted octanol–water partition coefficient (Wildman–Crippen LogP) is 3.49. The van der Waals surface area contributed by atoms with Crippen LogP contribution in [0, 0.1) is 3.57 Å². The molecule has 0 atom stereocenters. The minimum Gasteiger partial charge on any atom is -0.308 e. The fraction of sp³-hybridized carbons (Fsp3) is 0.133. The molecule has 0 saturated heterocycles. The lowest BCUT2D eigenvalue weighted by Crippen LogP contribution is -2.28. The molecule has 0 bridgehead atoms. The smallest absolute Gasteiger partial charge is 0.258 e. The number of fused-ring (bicyclic) bond motifs is 1. The first-order valence-corrected chi connectivity index (χ1v) is 6.99. The van der Waals surface area contributed by atoms with Gasteiger partial charge in [-0.1, -0.05) is 18.2 Å². The third-order valence-corrected chi connectivity index (χ3v) is 3.87. The number of carbonyl (C=O) groups is 1. The standard InChI is InChI=1S/C15H12INO/c16-13-6-7-14-12(10-13)8-9-17(14)15(18)11-4-2-1-3-5-11/h1-7,10H,8-9H2. The lowest BCUT2D eigenvalue weighted by atomic mass is 10.1. The van der Waals surface area contributed by atoms with Crippen molar-refractivity contribution in [3.05, 3.63) is 63.2 Å². The monoisotopic (exact) mass is 349 g/mol. The van der Waals surface area contributed by atoms with Gasteiger partial charge < -0.3 is 4.90 Å². The van der Waals surface area contributed by atoms with E-state index in [0.717, 1.165) is 24.2 Å². The van der Waals surface area contributed by atoms with Gasteiger partial charge in [-0.05, 0) is 64.9 Å². The molecular weight excluding hydrogens is 337 g/mol. The molecular formula is C15H12INO. The van der Waals surface area contributed by atoms with Crippen LogP contribution in [0.15, 0.2) is 48.5 Å². The molecule has 0 aliphatic carbocycles. The van der Waals surface area contributed by atoms with Gasteiger partial charge in [0, 0.05) is 21.4 Å². The first kappa shape index (κ1) is 11.7. The highest BCUT2D eigenvalue weighted by molar-refractivity contribution is 14.1. The molecule has 0 radical (unpaired) electrons. The van der Waals surface area contributed by atoms with Crippen LogP contribution in [0.2, 0.25) is 0 Å². The van der Waals surface area contributed by atoms with Gasteiger partial charge in [0.15, 0.2) is 0 Å². The van der Waals surface area contributed by atoms with Crippen LogP contribution in [0.4, 0.5) is 5.69 Å². The SMILES string of the molecule is O=C(c1ccccc1)N1CCc2cc(I)ccc21. The van der Waals surface area contributed by atoms with Crippen molar-refractivity contribution in [3.8, 4) is 0 Å². The number of hydrogen-bond acceptors (Lipinski definition) is 1. The van der Waals surface area contributed by atoms with Crippen LogP contribution in [0.3, 0.4) is 0 Å². The van der Waals surface area contributed by atoms with Crippen molar-refractivity contribution in [2.24, 2.45) is 0 Å². The van der Waals surface area contributed by atoms with Crippen molar-refractivity contribution in [3.63, 3.8) is 0 Å². The molecule has 3 heteroatoms. The van der Waals surface area contributed by atoms with Gasteiger partial charge in [0.1, 0.15) is 0 Å². The van der Waals surface area contributed by atoms with Crippen molar-refractivity contribution in [2.45, 2.75) is 6.42 Å². The van der Waals surface area contributed by atoms with E-state index in [1.807, 2.05) is 41.3 Å². The first-order chi connectivity index (χ1) is 8.75. The van der Waals surface area contributed by atoms with Gasteiger partial charge in [0.25, 0.3) is 5.91 Å². The van der Waals surface area contributed by atoms with E-state index in [9.17, 15) is 4.79 Å². The van der Waals surface area contributed by atoms with Gasteiger partial charge in [-0.3, -0.25) is 4.79 Å². The second-order valence-corrected chi connectivity index (χ2v) is 5.59. The molecule has 90 valence electrons. The highest BCUT2D eigenvalue weighted by Gasteiger charge is 2.25. The largest absolute Gasteiger partial charge is 0.308 e. The quantitative estimate of drug-likeness (QED) is 0.722. The van der Waals surface area contributed by atoms with Gasteiger partial charge in [-0.15, -0.1) is 0 Å². The Labute approximate surface area is 120 Å². The van der Waals surface area contributed by atoms with Crippen LogP contribution in [-0.4, -0.2) is 12.5 Å². The molecule has 18 heavy (non-hydrogen) atoms. The Balaban J connectivity index is 1.95. The van der Waals surface area contributed by atoms with Crippen molar-refractivity contribution >= 4 is 34.2 Å². The van der Waals surface area contributed by atoms with E-state index < -0.39 is 0 Å². The lowest BCUT2D eigenvalue weighted by molar-refractivity contribution is 0.0989. The summed E-state index contributed by atoms with van der Waals surface area (Å²) in [6.45, 7) is 0.781. The Morgan fingerprint density at radius 3 is 2.67 bits per heavy atom. The van der Waals surface area contributed by atoms with E-state index in [2.05, 4.69) is 34.7 Å². The molecule has 1 aliphatic rings. The molecule has 3 rings (SSSR count). The number of benzene rings is 2. The van der Waals surface area contributed by atoms with E-state index in [-0.39, 0.29) is 5.91 Å². The molecule has 0 spiro atoms. The fourth-order valence-electron chi connectivity index (χ4n) is 2.32. The third kappa shape index (κ3) is 2.03. The maximum atomic E-state index is 12.4. The fourth-order valence-corrected chi connectivity index (χ4v) is 2.87. The Morgan fingerprint density at radius 1 is 1.11 bits per heavy atom. The number of hydrogen-bond donors (Lipinski definition) is 0. The summed E-state index contributed by atoms with van der Waals surface area (Å²) in [6, 6.07) is 15.7. The molecule has 1 amide bonds. The van der Waals surface area contributed by atoms with Crippen LogP contribution in [-0.2, 0) is 6.42 Å². The summed E-state index contributed by atoms with van der Waals surface area (Å²) in [7, 11) is 0. The normalized spacial score (nSPS) is 13.5. The third-order valence-electron chi connectivity index (χ3n) is 3.20. The molecule has 1 heterocycles. The Hall–Kier alpha value is -1.36. The molecule has 0 fully saturated rings. The average Bonchev–Trinajstić information content (AvgIpc) is 2.81. The van der Waals surface area contributed by atoms with Gasteiger partial charge in [-0.25, -0.2) is 0 Å². The molecule has 2 nitrogen and oxygen atoms in total. The van der Waals surface area contributed by atoms with Crippen molar-refractivity contribution in [1.29, 1.82) is 0 Å². The molecule has 2 aromatic carbocycles. The van der Waals surface area contributed by atoms with E-state index in [1.54, 1.807) is 0 Å². The lowest BCUT2D eigenvalue weighted by Gasteiger charge is -2.17. The summed E-state index contributed by atoms with van der Waals surface area (Å²) in [5.74, 6) is 0.0931. The number of amides is 1. The Bertz CT molecular complexity index is 595. The maximum Gasteiger partial charge on any atom is 0.258 e. The highest BCUT2D eigenvalue weighted by atomic mass is 127. The topological polar surface area (TPSA) is 20.3 Å². The molecule has 0 N–H and O–H groups in total. The molecule has 0 unspecified atom stereocenters. The van der Waals surface area contributed by atoms with Crippen LogP contribution in [0.25, 0.3) is 0 Å². The van der Waals surface area contributed by atoms with Crippen LogP contribution in [0.5, 0.6) is 0 Å². The minimum absolute atomic E-state index is 0.0931. The Morgan fingerprint density at radius 2 is 1.89 bits per heavy atom. The zero-order valence-corrected chi connectivity index (χ0v) is 11.9. The summed E-state index contributed by atoms with van der Waals surface area (Å²) in [5.41, 5.74) is 3.08. The zero-order valence-electron chi connectivity index (χ0n) is 9.77. The van der Waals surface area contributed by atoms with Gasteiger partial charge in [0.05, 0.1) is 0 Å². The second kappa shape index (κ2) is 4.72. The summed E-state index contributed by atoms with van der Waals surface area (Å²) < 4.78 is 1.22. The summed E-state index contributed by atoms with van der Waals surface area (Å²) >= 11 is 2.31. The maximum absolute atomic E-state index is 12.4. The zero-order chi connectivity index (χ0) is 12.5. The highest BCUT2D eigenvalue weighted by Crippen LogP contribution is 2.30. The molecule has 2 aromatic rings. The van der Waals surface area contributed by atoms with Gasteiger partial charge in [-0.2, -0.15) is 0 Å². The number of nitrogens with zero attached hydrogens (tertiary/aromatic N) is 1. The Kier molecular flexibility index (Phi) is 3.07. The number of rotatable bonds is 1. The molecule has 1 aliphatic heterocycles. The van der Waals surface area contributed by atoms with E-state index in [4.69, 9.17) is 0 Å². The van der Waals surface area contributed by atoms with E-state index >= 15 is 0 Å². The van der Waals surface area contributed by atoms with Crippen LogP contribution >= 0.6 is 22.6 Å². The molecule has 0 saturated carbocycles. The second-order valence-electron chi connectivity index (χ2n) is 4.35. The predicted molar refractivity (Wildman–Crippen MR) is 81.0 cm³/mol. The summed E-state index contributed by atoms with van der Waals surface area (Å²) in [5, 5.41) is 0. The van der Waals surface area contributed by atoms with Crippen molar-refractivity contribution in [2.75, 3.05) is 11.4 Å². The van der Waals surface area contributed by atoms with Crippen molar-refractivity contribution in [1.82, 2.24) is 0 Å². The molecule has 0 aromatic heterocycles. The number of halogens is 1. The number of anilines is 1. The van der Waals surface area contributed by atoms with E-state index in [0.29, 0.717) is 0 Å². The van der Waals surface area contributed by atoms with Crippen molar-refractivity contribution < 1.29 is 4.79 Å². The van der Waals surface area contributed by atoms with Gasteiger partial charge >= 0.3 is 0 Å². The summed E-state index contributed by atoms with van der Waals surface area (Å²) in [6.07, 6.45) is 0.949. The summed E-state index contributed by atoms with van der Waals surface area (Å²) in [4.78, 5) is 14.3. The van der Waals surface area contributed by atoms with Gasteiger partial charge in [0.2, 0.25) is 0 Å². The van der Waals surface area contributed by atoms with E-state index in [1.165, 1.54) is 9.13 Å². The van der Waals surface area contributed by atoms with Crippen LogP contribution in [0.1, 0.15) is 15.9 Å². The number of carbonyl (C=O) groups excluding carboxylic acids is 1. The minimum atomic E-state index is 0.0931. The average molecular weight is 349 g/mol. The first-order valence-electron chi connectivity index (χ1n) is 5.91. The van der Waals surface area contributed by atoms with Crippen LogP contribution < -0.4 is 4.90 Å².